The van der Waals surface area contributed by atoms with Gasteiger partial charge < -0.3 is 5.32 Å². The lowest BCUT2D eigenvalue weighted by molar-refractivity contribution is 0.763. The van der Waals surface area contributed by atoms with Gasteiger partial charge in [-0.05, 0) is 47.2 Å². The van der Waals surface area contributed by atoms with Crippen molar-refractivity contribution >= 4 is 33.5 Å². The van der Waals surface area contributed by atoms with E-state index >= 15 is 0 Å². The second-order valence-corrected chi connectivity index (χ2v) is 5.69. The van der Waals surface area contributed by atoms with E-state index < -0.39 is 0 Å². The van der Waals surface area contributed by atoms with Gasteiger partial charge in [0, 0.05) is 11.3 Å². The summed E-state index contributed by atoms with van der Waals surface area (Å²) in [5.74, 6) is 0.982. The van der Waals surface area contributed by atoms with E-state index in [4.69, 9.17) is 0 Å². The summed E-state index contributed by atoms with van der Waals surface area (Å²) in [5, 5.41) is 4.26. The standard InChI is InChI=1S/C11H15BrN2S/c1-15-9-5-2-4-8(9)13-11-7-3-6-10(12)14-11/h3,6-9H,2,4-5H2,1H3,(H,13,14). The van der Waals surface area contributed by atoms with Crippen LogP contribution in [0.4, 0.5) is 5.82 Å². The van der Waals surface area contributed by atoms with Crippen molar-refractivity contribution in [3.8, 4) is 0 Å². The topological polar surface area (TPSA) is 24.9 Å². The number of hydrogen-bond acceptors (Lipinski definition) is 3. The van der Waals surface area contributed by atoms with Crippen LogP contribution in [0.1, 0.15) is 19.3 Å². The van der Waals surface area contributed by atoms with Gasteiger partial charge in [-0.25, -0.2) is 4.98 Å². The van der Waals surface area contributed by atoms with Crippen molar-refractivity contribution in [2.24, 2.45) is 0 Å². The molecule has 1 N–H and O–H groups in total. The van der Waals surface area contributed by atoms with Gasteiger partial charge in [0.15, 0.2) is 0 Å². The summed E-state index contributed by atoms with van der Waals surface area (Å²) in [6.45, 7) is 0. The van der Waals surface area contributed by atoms with Gasteiger partial charge in [0.25, 0.3) is 0 Å². The minimum Gasteiger partial charge on any atom is -0.366 e. The zero-order valence-electron chi connectivity index (χ0n) is 8.74. The number of anilines is 1. The zero-order valence-corrected chi connectivity index (χ0v) is 11.1. The lowest BCUT2D eigenvalue weighted by Crippen LogP contribution is -2.26. The number of aromatic nitrogens is 1. The average molecular weight is 287 g/mol. The van der Waals surface area contributed by atoms with Crippen LogP contribution in [0, 0.1) is 0 Å². The predicted octanol–water partition coefficient (Wildman–Crippen LogP) is 3.54. The van der Waals surface area contributed by atoms with Crippen LogP contribution >= 0.6 is 27.7 Å². The first-order valence-electron chi connectivity index (χ1n) is 5.21. The Balaban J connectivity index is 2.02. The molecule has 15 heavy (non-hydrogen) atoms. The van der Waals surface area contributed by atoms with Gasteiger partial charge in [0.05, 0.1) is 0 Å². The van der Waals surface area contributed by atoms with Crippen molar-refractivity contribution in [1.82, 2.24) is 4.98 Å². The number of nitrogens with zero attached hydrogens (tertiary/aromatic N) is 1. The number of thioether (sulfide) groups is 1. The van der Waals surface area contributed by atoms with E-state index in [1.807, 2.05) is 30.0 Å². The van der Waals surface area contributed by atoms with E-state index in [-0.39, 0.29) is 0 Å². The fraction of sp³-hybridized carbons (Fsp3) is 0.545. The van der Waals surface area contributed by atoms with Crippen LogP contribution in [0.5, 0.6) is 0 Å². The fourth-order valence-electron chi connectivity index (χ4n) is 2.05. The molecule has 1 heterocycles. The van der Waals surface area contributed by atoms with Gasteiger partial charge in [-0.15, -0.1) is 0 Å². The molecule has 2 nitrogen and oxygen atoms in total. The highest BCUT2D eigenvalue weighted by molar-refractivity contribution is 9.10. The molecule has 2 atom stereocenters. The maximum atomic E-state index is 4.40. The van der Waals surface area contributed by atoms with Crippen molar-refractivity contribution in [2.75, 3.05) is 11.6 Å². The molecular formula is C11H15BrN2S. The Morgan fingerprint density at radius 1 is 1.47 bits per heavy atom. The first-order chi connectivity index (χ1) is 7.29. The maximum absolute atomic E-state index is 4.40. The van der Waals surface area contributed by atoms with Gasteiger partial charge in [-0.3, -0.25) is 0 Å². The molecule has 0 amide bonds. The molecule has 82 valence electrons. The van der Waals surface area contributed by atoms with Crippen LogP contribution in [-0.4, -0.2) is 22.5 Å². The third kappa shape index (κ3) is 2.88. The number of rotatable bonds is 3. The summed E-state index contributed by atoms with van der Waals surface area (Å²) in [5.41, 5.74) is 0. The first-order valence-corrected chi connectivity index (χ1v) is 7.29. The Morgan fingerprint density at radius 2 is 2.33 bits per heavy atom. The highest BCUT2D eigenvalue weighted by Crippen LogP contribution is 2.30. The molecule has 1 aliphatic rings. The van der Waals surface area contributed by atoms with Crippen molar-refractivity contribution in [3.63, 3.8) is 0 Å². The Hall–Kier alpha value is -0.220. The van der Waals surface area contributed by atoms with Crippen LogP contribution in [0.2, 0.25) is 0 Å². The summed E-state index contributed by atoms with van der Waals surface area (Å²) in [6.07, 6.45) is 6.11. The number of nitrogens with one attached hydrogen (secondary N) is 1. The summed E-state index contributed by atoms with van der Waals surface area (Å²) in [7, 11) is 0. The van der Waals surface area contributed by atoms with Crippen LogP contribution in [0.15, 0.2) is 22.8 Å². The van der Waals surface area contributed by atoms with Crippen molar-refractivity contribution < 1.29 is 0 Å². The molecule has 1 aromatic rings. The van der Waals surface area contributed by atoms with Crippen LogP contribution in [0.3, 0.4) is 0 Å². The molecule has 1 saturated carbocycles. The smallest absolute Gasteiger partial charge is 0.127 e. The molecule has 4 heteroatoms. The molecule has 1 aliphatic carbocycles. The highest BCUT2D eigenvalue weighted by atomic mass is 79.9. The van der Waals surface area contributed by atoms with Crippen molar-refractivity contribution in [2.45, 2.75) is 30.6 Å². The number of hydrogen-bond donors (Lipinski definition) is 1. The summed E-state index contributed by atoms with van der Waals surface area (Å²) >= 11 is 5.35. The second-order valence-electron chi connectivity index (χ2n) is 3.80. The average Bonchev–Trinajstić information content (AvgIpc) is 2.65. The molecule has 0 aliphatic heterocycles. The highest BCUT2D eigenvalue weighted by Gasteiger charge is 2.26. The lowest BCUT2D eigenvalue weighted by Gasteiger charge is -2.19. The third-order valence-electron chi connectivity index (χ3n) is 2.80. The first kappa shape index (κ1) is 11.3. The van der Waals surface area contributed by atoms with E-state index in [1.165, 1.54) is 19.3 Å². The maximum Gasteiger partial charge on any atom is 0.127 e. The quantitative estimate of drug-likeness (QED) is 0.861. The predicted molar refractivity (Wildman–Crippen MR) is 70.5 cm³/mol. The largest absolute Gasteiger partial charge is 0.366 e. The molecule has 0 aromatic carbocycles. The molecule has 2 unspecified atom stereocenters. The molecule has 1 fully saturated rings. The summed E-state index contributed by atoms with van der Waals surface area (Å²) in [6, 6.07) is 6.58. The molecule has 0 spiro atoms. The fourth-order valence-corrected chi connectivity index (χ4v) is 3.33. The van der Waals surface area contributed by atoms with Crippen molar-refractivity contribution in [3.05, 3.63) is 22.8 Å². The molecule has 0 radical (unpaired) electrons. The minimum atomic E-state index is 0.585. The van der Waals surface area contributed by atoms with Crippen LogP contribution in [-0.2, 0) is 0 Å². The molecule has 0 saturated heterocycles. The molecule has 1 aromatic heterocycles. The third-order valence-corrected chi connectivity index (χ3v) is 4.42. The van der Waals surface area contributed by atoms with E-state index in [9.17, 15) is 0 Å². The summed E-state index contributed by atoms with van der Waals surface area (Å²) in [4.78, 5) is 4.40. The minimum absolute atomic E-state index is 0.585. The van der Waals surface area contributed by atoms with E-state index in [2.05, 4.69) is 32.5 Å². The molecule has 2 rings (SSSR count). The van der Waals surface area contributed by atoms with Crippen LogP contribution < -0.4 is 5.32 Å². The second kappa shape index (κ2) is 5.21. The van der Waals surface area contributed by atoms with Gasteiger partial charge >= 0.3 is 0 Å². The normalized spacial score (nSPS) is 25.5. The van der Waals surface area contributed by atoms with Gasteiger partial charge in [0.2, 0.25) is 0 Å². The van der Waals surface area contributed by atoms with E-state index in [1.54, 1.807) is 0 Å². The van der Waals surface area contributed by atoms with E-state index in [0.717, 1.165) is 15.7 Å². The Kier molecular flexibility index (Phi) is 3.92. The van der Waals surface area contributed by atoms with Crippen molar-refractivity contribution in [1.29, 1.82) is 0 Å². The van der Waals surface area contributed by atoms with Gasteiger partial charge in [-0.2, -0.15) is 11.8 Å². The molecule has 0 bridgehead atoms. The molecular weight excluding hydrogens is 272 g/mol. The van der Waals surface area contributed by atoms with Gasteiger partial charge in [-0.1, -0.05) is 12.5 Å². The summed E-state index contributed by atoms with van der Waals surface area (Å²) < 4.78 is 0.895. The van der Waals surface area contributed by atoms with E-state index in [0.29, 0.717) is 6.04 Å². The Labute approximate surface area is 103 Å². The lowest BCUT2D eigenvalue weighted by atomic mass is 10.2. The van der Waals surface area contributed by atoms with Gasteiger partial charge in [0.1, 0.15) is 10.4 Å². The number of halogens is 1. The Morgan fingerprint density at radius 3 is 3.07 bits per heavy atom. The zero-order chi connectivity index (χ0) is 10.7. The van der Waals surface area contributed by atoms with Crippen LogP contribution in [0.25, 0.3) is 0 Å². The Bertz CT molecular complexity index is 332. The monoisotopic (exact) mass is 286 g/mol. The number of pyridine rings is 1. The SMILES string of the molecule is CSC1CCCC1Nc1cccc(Br)n1.